The summed E-state index contributed by atoms with van der Waals surface area (Å²) in [7, 11) is 1.69. The van der Waals surface area contributed by atoms with Crippen molar-refractivity contribution in [1.82, 2.24) is 0 Å². The van der Waals surface area contributed by atoms with Crippen molar-refractivity contribution in [2.45, 2.75) is 113 Å². The van der Waals surface area contributed by atoms with Crippen LogP contribution >= 0.6 is 15.9 Å². The van der Waals surface area contributed by atoms with Crippen LogP contribution in [0.1, 0.15) is 113 Å². The molecular weight excluding hydrogens is 600 g/mol. The number of hydrazone groups is 1. The molecular formula is C37H55BrN2O3. The molecule has 5 nitrogen and oxygen atoms in total. The van der Waals surface area contributed by atoms with Crippen LogP contribution in [0.5, 0.6) is 5.75 Å². The second-order valence-electron chi connectivity index (χ2n) is 16.8. The number of carboxylic acid groups (broad SMARTS) is 1. The number of benzene rings is 1. The minimum Gasteiger partial charge on any atom is -0.497 e. The van der Waals surface area contributed by atoms with Crippen LogP contribution in [-0.2, 0) is 4.79 Å². The van der Waals surface area contributed by atoms with Gasteiger partial charge in [-0.15, -0.1) is 0 Å². The van der Waals surface area contributed by atoms with E-state index in [2.05, 4.69) is 69.8 Å². The molecule has 9 atom stereocenters. The number of rotatable bonds is 5. The maximum Gasteiger partial charge on any atom is 0.309 e. The van der Waals surface area contributed by atoms with Crippen LogP contribution in [-0.4, -0.2) is 23.9 Å². The molecule has 6 rings (SSSR count). The van der Waals surface area contributed by atoms with Crippen molar-refractivity contribution in [3.63, 3.8) is 0 Å². The number of ether oxygens (including phenoxy) is 1. The molecule has 238 valence electrons. The van der Waals surface area contributed by atoms with Gasteiger partial charge >= 0.3 is 5.97 Å². The van der Waals surface area contributed by atoms with Crippen molar-refractivity contribution in [3.05, 3.63) is 22.7 Å². The molecule has 5 aliphatic rings. The predicted molar refractivity (Wildman–Crippen MR) is 178 cm³/mol. The third-order valence-electron chi connectivity index (χ3n) is 15.0. The van der Waals surface area contributed by atoms with Crippen LogP contribution in [0.15, 0.2) is 27.8 Å². The highest BCUT2D eigenvalue weighted by Gasteiger charge is 2.72. The minimum atomic E-state index is -0.498. The molecule has 0 aliphatic heterocycles. The number of nitrogens with zero attached hydrogens (tertiary/aromatic N) is 1. The summed E-state index contributed by atoms with van der Waals surface area (Å²) in [5, 5.41) is 15.7. The van der Waals surface area contributed by atoms with Crippen molar-refractivity contribution in [2.75, 3.05) is 12.5 Å². The fourth-order valence-corrected chi connectivity index (χ4v) is 13.1. The van der Waals surface area contributed by atoms with Crippen LogP contribution in [0.25, 0.3) is 0 Å². The smallest absolute Gasteiger partial charge is 0.309 e. The van der Waals surface area contributed by atoms with E-state index >= 15 is 0 Å². The molecule has 0 radical (unpaired) electrons. The van der Waals surface area contributed by atoms with Crippen LogP contribution < -0.4 is 10.2 Å². The molecule has 1 aromatic carbocycles. The number of nitrogens with one attached hydrogen (secondary N) is 1. The van der Waals surface area contributed by atoms with E-state index in [4.69, 9.17) is 9.84 Å². The fourth-order valence-electron chi connectivity index (χ4n) is 12.6. The van der Waals surface area contributed by atoms with Crippen molar-refractivity contribution < 1.29 is 14.6 Å². The second kappa shape index (κ2) is 10.5. The highest BCUT2D eigenvalue weighted by molar-refractivity contribution is 9.10. The van der Waals surface area contributed by atoms with Gasteiger partial charge in [-0.3, -0.25) is 10.2 Å². The zero-order valence-electron chi connectivity index (χ0n) is 27.9. The van der Waals surface area contributed by atoms with Gasteiger partial charge in [0.25, 0.3) is 0 Å². The lowest BCUT2D eigenvalue weighted by Gasteiger charge is -2.72. The molecule has 0 aromatic heterocycles. The molecule has 5 aliphatic carbocycles. The average molecular weight is 656 g/mol. The molecule has 2 N–H and O–H groups in total. The number of halogens is 1. The van der Waals surface area contributed by atoms with Gasteiger partial charge < -0.3 is 9.84 Å². The van der Waals surface area contributed by atoms with E-state index in [0.717, 1.165) is 48.0 Å². The molecule has 0 saturated heterocycles. The molecule has 0 heterocycles. The number of carbonyl (C=O) groups is 1. The van der Waals surface area contributed by atoms with Gasteiger partial charge in [-0.25, -0.2) is 0 Å². The Morgan fingerprint density at radius 1 is 0.977 bits per heavy atom. The zero-order valence-corrected chi connectivity index (χ0v) is 29.4. The fraction of sp³-hybridized carbons (Fsp3) is 0.784. The number of anilines is 1. The van der Waals surface area contributed by atoms with Crippen LogP contribution in [0.4, 0.5) is 5.69 Å². The van der Waals surface area contributed by atoms with E-state index in [-0.39, 0.29) is 21.7 Å². The molecule has 6 heteroatoms. The number of methoxy groups -OCH3 is 1. The van der Waals surface area contributed by atoms with Crippen molar-refractivity contribution in [3.8, 4) is 5.75 Å². The predicted octanol–water partition coefficient (Wildman–Crippen LogP) is 10.0. The Balaban J connectivity index is 1.29. The summed E-state index contributed by atoms with van der Waals surface area (Å²) in [6.45, 7) is 17.5. The first-order valence-corrected chi connectivity index (χ1v) is 17.8. The van der Waals surface area contributed by atoms with E-state index in [0.29, 0.717) is 35.5 Å². The topological polar surface area (TPSA) is 70.9 Å². The van der Waals surface area contributed by atoms with Gasteiger partial charge in [0.2, 0.25) is 0 Å². The van der Waals surface area contributed by atoms with Crippen molar-refractivity contribution >= 4 is 33.3 Å². The standard InChI is InChI=1S/C37H55BrN2O3/c1-22(2)24-13-18-37(32(41)42)20-19-35(6)25(31(24)37)10-12-29-34(5)16-15-30(33(3,4)28(34)14-17-36(29,35)7)40-39-27-11-9-23(43-8)21-26(27)38/h9,11,21-22,24-25,28-29,31,39H,10,12-20H2,1-8H3,(H,41,42)/b40-30+/t24-,25?,28-,29+,31+,34-,35+,36+,37?/m0/s1. The summed E-state index contributed by atoms with van der Waals surface area (Å²) in [4.78, 5) is 13.0. The molecule has 1 aromatic rings. The number of carboxylic acids is 1. The summed E-state index contributed by atoms with van der Waals surface area (Å²) in [5.74, 6) is 3.53. The third kappa shape index (κ3) is 4.33. The summed E-state index contributed by atoms with van der Waals surface area (Å²) < 4.78 is 6.32. The Morgan fingerprint density at radius 3 is 2.37 bits per heavy atom. The first-order chi connectivity index (χ1) is 20.2. The zero-order chi connectivity index (χ0) is 31.2. The summed E-state index contributed by atoms with van der Waals surface area (Å²) >= 11 is 3.68. The average Bonchev–Trinajstić information content (AvgIpc) is 3.35. The Kier molecular flexibility index (Phi) is 7.67. The third-order valence-corrected chi connectivity index (χ3v) is 15.7. The highest BCUT2D eigenvalue weighted by atomic mass is 79.9. The minimum absolute atomic E-state index is 0.0112. The molecule has 5 fully saturated rings. The molecule has 0 bridgehead atoms. The molecule has 2 unspecified atom stereocenters. The Morgan fingerprint density at radius 2 is 1.72 bits per heavy atom. The Hall–Kier alpha value is -1.56. The molecule has 0 spiro atoms. The Labute approximate surface area is 268 Å². The Bertz CT molecular complexity index is 1310. The summed E-state index contributed by atoms with van der Waals surface area (Å²) in [6.07, 6.45) is 11.1. The maximum atomic E-state index is 13.0. The van der Waals surface area contributed by atoms with Gasteiger partial charge in [0, 0.05) is 15.6 Å². The van der Waals surface area contributed by atoms with E-state index < -0.39 is 11.4 Å². The van der Waals surface area contributed by atoms with Crippen LogP contribution in [0.2, 0.25) is 0 Å². The van der Waals surface area contributed by atoms with Gasteiger partial charge in [0.1, 0.15) is 5.75 Å². The number of fused-ring (bicyclic) bond motifs is 7. The van der Waals surface area contributed by atoms with E-state index in [1.807, 2.05) is 18.2 Å². The number of aliphatic carboxylic acids is 1. The number of hydrogen-bond donors (Lipinski definition) is 2. The van der Waals surface area contributed by atoms with Gasteiger partial charge in [-0.05, 0) is 150 Å². The van der Waals surface area contributed by atoms with E-state index in [1.165, 1.54) is 37.8 Å². The van der Waals surface area contributed by atoms with Crippen molar-refractivity contribution in [2.24, 2.45) is 67.7 Å². The second-order valence-corrected chi connectivity index (χ2v) is 17.7. The highest BCUT2D eigenvalue weighted by Crippen LogP contribution is 2.77. The first-order valence-electron chi connectivity index (χ1n) is 17.1. The van der Waals surface area contributed by atoms with Crippen molar-refractivity contribution in [1.29, 1.82) is 0 Å². The van der Waals surface area contributed by atoms with Gasteiger partial charge in [-0.2, -0.15) is 5.10 Å². The number of hydrogen-bond acceptors (Lipinski definition) is 4. The normalized spacial score (nSPS) is 44.2. The van der Waals surface area contributed by atoms with E-state index in [9.17, 15) is 9.90 Å². The van der Waals surface area contributed by atoms with Crippen LogP contribution in [0.3, 0.4) is 0 Å². The summed E-state index contributed by atoms with van der Waals surface area (Å²) in [5.41, 5.74) is 5.86. The lowest BCUT2D eigenvalue weighted by atomic mass is 9.32. The van der Waals surface area contributed by atoms with Gasteiger partial charge in [0.15, 0.2) is 0 Å². The maximum absolute atomic E-state index is 13.0. The largest absolute Gasteiger partial charge is 0.497 e. The van der Waals surface area contributed by atoms with Gasteiger partial charge in [0.05, 0.1) is 18.2 Å². The first kappa shape index (κ1) is 31.4. The van der Waals surface area contributed by atoms with Gasteiger partial charge in [-0.1, -0.05) is 48.5 Å². The van der Waals surface area contributed by atoms with E-state index in [1.54, 1.807) is 7.11 Å². The van der Waals surface area contributed by atoms with Crippen LogP contribution in [0, 0.1) is 62.6 Å². The molecule has 0 amide bonds. The molecule has 5 saturated carbocycles. The SMILES string of the molecule is COc1ccc(N/N=C2\CC[C@]3(C)[C@H]4CCC5[C@H]6[C@H](C(C)C)CCC6(C(=O)O)CC[C@@]5(C)[C@]4(C)CC[C@H]3C2(C)C)c(Br)c1. The lowest BCUT2D eigenvalue weighted by Crippen LogP contribution is -2.66. The monoisotopic (exact) mass is 654 g/mol. The quantitative estimate of drug-likeness (QED) is 0.310. The lowest BCUT2D eigenvalue weighted by molar-refractivity contribution is -0.232. The molecule has 43 heavy (non-hydrogen) atoms. The summed E-state index contributed by atoms with van der Waals surface area (Å²) in [6, 6.07) is 5.97.